The Morgan fingerprint density at radius 1 is 0.875 bits per heavy atom. The van der Waals surface area contributed by atoms with E-state index in [4.69, 9.17) is 44.3 Å². The van der Waals surface area contributed by atoms with Crippen molar-refractivity contribution in [3.05, 3.63) is 81.3 Å². The molecule has 2 amide bonds. The maximum absolute atomic E-state index is 12.5. The van der Waals surface area contributed by atoms with Gasteiger partial charge < -0.3 is 20.1 Å². The minimum atomic E-state index is -0.409. The maximum atomic E-state index is 12.5. The van der Waals surface area contributed by atoms with Crippen molar-refractivity contribution >= 4 is 58.0 Å². The molecule has 0 radical (unpaired) electrons. The van der Waals surface area contributed by atoms with Crippen LogP contribution in [0.3, 0.4) is 0 Å². The molecule has 0 bridgehead atoms. The van der Waals surface area contributed by atoms with Crippen molar-refractivity contribution < 1.29 is 19.1 Å². The number of benzene rings is 3. The van der Waals surface area contributed by atoms with Crippen LogP contribution < -0.4 is 20.1 Å². The fourth-order valence-electron chi connectivity index (χ4n) is 2.74. The fourth-order valence-corrected chi connectivity index (χ4v) is 3.65. The summed E-state index contributed by atoms with van der Waals surface area (Å²) in [6, 6.07) is 16.4. The van der Waals surface area contributed by atoms with E-state index in [2.05, 4.69) is 10.6 Å². The molecule has 0 atom stereocenters. The summed E-state index contributed by atoms with van der Waals surface area (Å²) in [6.07, 6.45) is 0. The van der Waals surface area contributed by atoms with E-state index < -0.39 is 5.91 Å². The molecule has 0 aliphatic rings. The van der Waals surface area contributed by atoms with Crippen LogP contribution in [0, 0.1) is 0 Å². The van der Waals surface area contributed by atoms with Gasteiger partial charge in [-0.1, -0.05) is 46.9 Å². The molecule has 0 aliphatic carbocycles. The molecule has 0 fully saturated rings. The number of amides is 2. The minimum Gasteiger partial charge on any atom is -0.492 e. The van der Waals surface area contributed by atoms with Gasteiger partial charge in [-0.25, -0.2) is 0 Å². The molecule has 0 unspecified atom stereocenters. The van der Waals surface area contributed by atoms with Crippen molar-refractivity contribution in [2.75, 3.05) is 23.8 Å². The second kappa shape index (κ2) is 11.1. The topological polar surface area (TPSA) is 76.7 Å². The number of hydrogen-bond donors (Lipinski definition) is 2. The van der Waals surface area contributed by atoms with E-state index in [9.17, 15) is 9.59 Å². The van der Waals surface area contributed by atoms with Gasteiger partial charge in [0.2, 0.25) is 0 Å². The summed E-state index contributed by atoms with van der Waals surface area (Å²) in [4.78, 5) is 24.7. The predicted octanol–water partition coefficient (Wildman–Crippen LogP) is 6.32. The monoisotopic (exact) mass is 492 g/mol. The molecule has 0 saturated carbocycles. The highest BCUT2D eigenvalue weighted by atomic mass is 35.5. The molecule has 3 aromatic carbocycles. The second-order valence-corrected chi connectivity index (χ2v) is 7.74. The highest BCUT2D eigenvalue weighted by Crippen LogP contribution is 2.34. The summed E-state index contributed by atoms with van der Waals surface area (Å²) in [5.74, 6) is 0.260. The summed E-state index contributed by atoms with van der Waals surface area (Å²) in [7, 11) is 0. The first-order chi connectivity index (χ1) is 15.4. The summed E-state index contributed by atoms with van der Waals surface area (Å²) in [5.41, 5.74) is 1.19. The summed E-state index contributed by atoms with van der Waals surface area (Å²) in [5, 5.41) is 6.23. The van der Waals surface area contributed by atoms with Gasteiger partial charge in [0.05, 0.1) is 28.0 Å². The van der Waals surface area contributed by atoms with Crippen LogP contribution in [0.2, 0.25) is 15.1 Å². The Labute approximate surface area is 200 Å². The lowest BCUT2D eigenvalue weighted by Crippen LogP contribution is -2.20. The molecular formula is C23H19Cl3N2O4. The van der Waals surface area contributed by atoms with Gasteiger partial charge in [-0.3, -0.25) is 9.59 Å². The molecule has 0 spiro atoms. The number of rotatable bonds is 8. The van der Waals surface area contributed by atoms with Crippen molar-refractivity contribution in [1.82, 2.24) is 0 Å². The minimum absolute atomic E-state index is 0.206. The number of carbonyl (C=O) groups is 2. The average molecular weight is 494 g/mol. The van der Waals surface area contributed by atoms with E-state index in [1.54, 1.807) is 42.5 Å². The second-order valence-electron chi connectivity index (χ2n) is 6.49. The van der Waals surface area contributed by atoms with Crippen LogP contribution in [0.5, 0.6) is 11.5 Å². The lowest BCUT2D eigenvalue weighted by atomic mass is 10.2. The fraction of sp³-hybridized carbons (Fsp3) is 0.130. The maximum Gasteiger partial charge on any atom is 0.262 e. The van der Waals surface area contributed by atoms with Crippen molar-refractivity contribution in [1.29, 1.82) is 0 Å². The molecular weight excluding hydrogens is 475 g/mol. The number of anilines is 2. The first kappa shape index (κ1) is 23.7. The average Bonchev–Trinajstić information content (AvgIpc) is 2.76. The van der Waals surface area contributed by atoms with Gasteiger partial charge >= 0.3 is 0 Å². The first-order valence-electron chi connectivity index (χ1n) is 9.57. The molecule has 9 heteroatoms. The molecule has 32 heavy (non-hydrogen) atoms. The number of carbonyl (C=O) groups excluding carboxylic acids is 2. The molecule has 0 saturated heterocycles. The highest BCUT2D eigenvalue weighted by Gasteiger charge is 2.13. The Morgan fingerprint density at radius 3 is 2.19 bits per heavy atom. The quantitative estimate of drug-likeness (QED) is 0.385. The van der Waals surface area contributed by atoms with Crippen molar-refractivity contribution in [3.8, 4) is 11.5 Å². The zero-order chi connectivity index (χ0) is 23.1. The van der Waals surface area contributed by atoms with Crippen molar-refractivity contribution in [2.45, 2.75) is 6.92 Å². The number of hydrogen-bond acceptors (Lipinski definition) is 4. The number of ether oxygens (including phenoxy) is 2. The van der Waals surface area contributed by atoms with E-state index in [0.29, 0.717) is 34.4 Å². The van der Waals surface area contributed by atoms with Crippen LogP contribution in [0.4, 0.5) is 11.4 Å². The lowest BCUT2D eigenvalue weighted by Gasteiger charge is -2.12. The third-order valence-corrected chi connectivity index (χ3v) is 5.01. The molecule has 6 nitrogen and oxygen atoms in total. The van der Waals surface area contributed by atoms with Crippen LogP contribution in [0.25, 0.3) is 0 Å². The Bertz CT molecular complexity index is 1100. The van der Waals surface area contributed by atoms with Crippen LogP contribution in [-0.2, 0) is 4.79 Å². The van der Waals surface area contributed by atoms with E-state index in [0.717, 1.165) is 0 Å². The smallest absolute Gasteiger partial charge is 0.262 e. The third kappa shape index (κ3) is 6.29. The number of halogens is 3. The standard InChI is InChI=1S/C23H19Cl3N2O4/c1-2-31-20-6-4-3-5-19(20)27-21(29)13-32-16-9-7-14(8-10-16)23(30)28-22-17(25)11-15(24)12-18(22)26/h3-12H,2,13H2,1H3,(H,27,29)(H,28,30). The summed E-state index contributed by atoms with van der Waals surface area (Å²) in [6.45, 7) is 2.14. The van der Waals surface area contributed by atoms with Gasteiger partial charge in [-0.05, 0) is 55.5 Å². The molecule has 3 rings (SSSR count). The van der Waals surface area contributed by atoms with E-state index in [1.165, 1.54) is 12.1 Å². The van der Waals surface area contributed by atoms with Gasteiger partial charge in [0.1, 0.15) is 11.5 Å². The molecule has 0 aliphatic heterocycles. The zero-order valence-electron chi connectivity index (χ0n) is 17.0. The zero-order valence-corrected chi connectivity index (χ0v) is 19.2. The van der Waals surface area contributed by atoms with Crippen molar-refractivity contribution in [2.24, 2.45) is 0 Å². The molecule has 0 aromatic heterocycles. The normalized spacial score (nSPS) is 10.4. The van der Waals surface area contributed by atoms with Gasteiger partial charge in [-0.2, -0.15) is 0 Å². The van der Waals surface area contributed by atoms with E-state index in [1.807, 2.05) is 13.0 Å². The van der Waals surface area contributed by atoms with Crippen LogP contribution in [-0.4, -0.2) is 25.0 Å². The van der Waals surface area contributed by atoms with Gasteiger partial charge in [-0.15, -0.1) is 0 Å². The van der Waals surface area contributed by atoms with Crippen LogP contribution in [0.15, 0.2) is 60.7 Å². The Hall–Kier alpha value is -2.93. The first-order valence-corrected chi connectivity index (χ1v) is 10.7. The Balaban J connectivity index is 1.57. The SMILES string of the molecule is CCOc1ccccc1NC(=O)COc1ccc(C(=O)Nc2c(Cl)cc(Cl)cc2Cl)cc1. The largest absolute Gasteiger partial charge is 0.492 e. The molecule has 0 heterocycles. The highest BCUT2D eigenvalue weighted by molar-refractivity contribution is 6.42. The van der Waals surface area contributed by atoms with Gasteiger partial charge in [0.15, 0.2) is 6.61 Å². The molecule has 3 aromatic rings. The molecule has 2 N–H and O–H groups in total. The Kier molecular flexibility index (Phi) is 8.22. The number of nitrogens with one attached hydrogen (secondary N) is 2. The molecule has 166 valence electrons. The van der Waals surface area contributed by atoms with E-state index >= 15 is 0 Å². The summed E-state index contributed by atoms with van der Waals surface area (Å²) < 4.78 is 11.0. The van der Waals surface area contributed by atoms with Crippen molar-refractivity contribution in [3.63, 3.8) is 0 Å². The third-order valence-electron chi connectivity index (χ3n) is 4.19. The lowest BCUT2D eigenvalue weighted by molar-refractivity contribution is -0.118. The summed E-state index contributed by atoms with van der Waals surface area (Å²) >= 11 is 18.1. The van der Waals surface area contributed by atoms with E-state index in [-0.39, 0.29) is 28.2 Å². The predicted molar refractivity (Wildman–Crippen MR) is 128 cm³/mol. The van der Waals surface area contributed by atoms with Gasteiger partial charge in [0.25, 0.3) is 11.8 Å². The van der Waals surface area contributed by atoms with Crippen LogP contribution in [0.1, 0.15) is 17.3 Å². The van der Waals surface area contributed by atoms with Crippen LogP contribution >= 0.6 is 34.8 Å². The van der Waals surface area contributed by atoms with Gasteiger partial charge in [0, 0.05) is 10.6 Å². The Morgan fingerprint density at radius 2 is 1.53 bits per heavy atom. The number of para-hydroxylation sites is 2.